The third-order valence-electron chi connectivity index (χ3n) is 2.47. The highest BCUT2D eigenvalue weighted by Crippen LogP contribution is 2.22. The average molecular weight is 371 g/mol. The second-order valence-corrected chi connectivity index (χ2v) is 5.57. The molecule has 1 heterocycles. The molecule has 20 heavy (non-hydrogen) atoms. The lowest BCUT2D eigenvalue weighted by atomic mass is 10.1. The summed E-state index contributed by atoms with van der Waals surface area (Å²) in [5.41, 5.74) is 6.88. The molecule has 0 saturated carbocycles. The van der Waals surface area contributed by atoms with Gasteiger partial charge in [-0.3, -0.25) is 4.79 Å². The van der Waals surface area contributed by atoms with Gasteiger partial charge in [0.25, 0.3) is 5.91 Å². The summed E-state index contributed by atoms with van der Waals surface area (Å²) in [6.45, 7) is 0. The Kier molecular flexibility index (Phi) is 4.69. The molecule has 0 radical (unpaired) electrons. The summed E-state index contributed by atoms with van der Waals surface area (Å²) < 4.78 is 0.594. The first-order valence-corrected chi connectivity index (χ1v) is 7.08. The molecule has 0 unspecified atom stereocenters. The summed E-state index contributed by atoms with van der Waals surface area (Å²) in [6.07, 6.45) is 1.53. The summed E-state index contributed by atoms with van der Waals surface area (Å²) in [5.74, 6) is -0.378. The Morgan fingerprint density at radius 3 is 2.80 bits per heavy atom. The van der Waals surface area contributed by atoms with Gasteiger partial charge in [0.15, 0.2) is 0 Å². The van der Waals surface area contributed by atoms with Gasteiger partial charge in [-0.1, -0.05) is 23.8 Å². The lowest BCUT2D eigenvalue weighted by Crippen LogP contribution is -2.18. The van der Waals surface area contributed by atoms with Gasteiger partial charge in [0.1, 0.15) is 10.7 Å². The first-order valence-electron chi connectivity index (χ1n) is 5.50. The predicted molar refractivity (Wildman–Crippen MR) is 87.2 cm³/mol. The minimum Gasteiger partial charge on any atom is -0.389 e. The highest BCUT2D eigenvalue weighted by atomic mass is 79.9. The number of nitrogens with two attached hydrogens (primary N) is 1. The van der Waals surface area contributed by atoms with Crippen LogP contribution in [0.4, 0.5) is 5.69 Å². The van der Waals surface area contributed by atoms with Gasteiger partial charge in [-0.2, -0.15) is 0 Å². The van der Waals surface area contributed by atoms with Crippen molar-refractivity contribution < 1.29 is 4.79 Å². The van der Waals surface area contributed by atoms with Gasteiger partial charge in [0.2, 0.25) is 0 Å². The van der Waals surface area contributed by atoms with Crippen molar-refractivity contribution in [1.29, 1.82) is 0 Å². The normalized spacial score (nSPS) is 10.1. The lowest BCUT2D eigenvalue weighted by molar-refractivity contribution is 0.102. The molecule has 1 aromatic heterocycles. The molecule has 2 rings (SSSR count). The van der Waals surface area contributed by atoms with Crippen LogP contribution in [-0.2, 0) is 0 Å². The number of carbonyl (C=O) groups is 1. The van der Waals surface area contributed by atoms with Crippen molar-refractivity contribution >= 4 is 56.3 Å². The Morgan fingerprint density at radius 2 is 2.15 bits per heavy atom. The summed E-state index contributed by atoms with van der Waals surface area (Å²) >= 11 is 14.1. The van der Waals surface area contributed by atoms with Gasteiger partial charge in [-0.15, -0.1) is 0 Å². The maximum atomic E-state index is 12.2. The minimum atomic E-state index is -0.378. The number of rotatable bonds is 3. The summed E-state index contributed by atoms with van der Waals surface area (Å²) in [7, 11) is 0. The van der Waals surface area contributed by atoms with Crippen molar-refractivity contribution in [3.63, 3.8) is 0 Å². The molecule has 0 spiro atoms. The number of hydrogen-bond acceptors (Lipinski definition) is 3. The van der Waals surface area contributed by atoms with Crippen LogP contribution in [0.1, 0.15) is 16.1 Å². The third kappa shape index (κ3) is 3.33. The fraction of sp³-hybridized carbons (Fsp3) is 0. The molecule has 4 nitrogen and oxygen atoms in total. The molecule has 3 N–H and O–H groups in total. The van der Waals surface area contributed by atoms with Crippen LogP contribution in [0.25, 0.3) is 0 Å². The molecule has 7 heteroatoms. The van der Waals surface area contributed by atoms with E-state index in [1.54, 1.807) is 30.3 Å². The van der Waals surface area contributed by atoms with Gasteiger partial charge in [-0.05, 0) is 46.3 Å². The van der Waals surface area contributed by atoms with Crippen molar-refractivity contribution in [2.24, 2.45) is 5.73 Å². The Bertz CT molecular complexity index is 693. The molecule has 0 fully saturated rings. The molecule has 102 valence electrons. The number of benzene rings is 1. The van der Waals surface area contributed by atoms with E-state index in [0.29, 0.717) is 20.7 Å². The zero-order valence-corrected chi connectivity index (χ0v) is 13.2. The van der Waals surface area contributed by atoms with E-state index in [-0.39, 0.29) is 16.6 Å². The number of nitrogens with zero attached hydrogens (tertiary/aromatic N) is 1. The number of amides is 1. The van der Waals surface area contributed by atoms with E-state index in [9.17, 15) is 4.79 Å². The molecule has 1 amide bonds. The average Bonchev–Trinajstić information content (AvgIpc) is 2.38. The van der Waals surface area contributed by atoms with E-state index in [1.807, 2.05) is 0 Å². The fourth-order valence-corrected chi connectivity index (χ4v) is 2.35. The molecule has 0 bridgehead atoms. The molecule has 0 saturated heterocycles. The zero-order chi connectivity index (χ0) is 14.7. The van der Waals surface area contributed by atoms with E-state index in [1.165, 1.54) is 6.20 Å². The predicted octanol–water partition coefficient (Wildman–Crippen LogP) is 3.38. The standard InChI is InChI=1S/C13H9BrClN3OS/c14-9-2-1-5-17-11(9)13(19)18-10-6-7(15)3-4-8(10)12(16)20/h1-6H,(H2,16,20)(H,18,19). The Labute approximate surface area is 134 Å². The zero-order valence-electron chi connectivity index (χ0n) is 10.1. The van der Waals surface area contributed by atoms with E-state index in [2.05, 4.69) is 26.2 Å². The number of thiocarbonyl (C=S) groups is 1. The summed E-state index contributed by atoms with van der Waals surface area (Å²) in [6, 6.07) is 8.36. The first kappa shape index (κ1) is 14.9. The van der Waals surface area contributed by atoms with Crippen LogP contribution in [0, 0.1) is 0 Å². The number of pyridine rings is 1. The monoisotopic (exact) mass is 369 g/mol. The van der Waals surface area contributed by atoms with Crippen molar-refractivity contribution in [3.05, 3.63) is 57.3 Å². The molecule has 0 aliphatic carbocycles. The van der Waals surface area contributed by atoms with Crippen LogP contribution in [0.15, 0.2) is 41.0 Å². The van der Waals surface area contributed by atoms with Crippen molar-refractivity contribution in [2.75, 3.05) is 5.32 Å². The maximum Gasteiger partial charge on any atom is 0.275 e. The molecule has 0 aliphatic heterocycles. The van der Waals surface area contributed by atoms with Crippen LogP contribution < -0.4 is 11.1 Å². The number of halogens is 2. The molecule has 2 aromatic rings. The van der Waals surface area contributed by atoms with Crippen LogP contribution >= 0.6 is 39.7 Å². The molecular weight excluding hydrogens is 362 g/mol. The van der Waals surface area contributed by atoms with E-state index in [4.69, 9.17) is 29.6 Å². The summed E-state index contributed by atoms with van der Waals surface area (Å²) in [4.78, 5) is 16.4. The quantitative estimate of drug-likeness (QED) is 0.813. The SMILES string of the molecule is NC(=S)c1ccc(Cl)cc1NC(=O)c1ncccc1Br. The number of nitrogens with one attached hydrogen (secondary N) is 1. The lowest BCUT2D eigenvalue weighted by Gasteiger charge is -2.11. The van der Waals surface area contributed by atoms with E-state index in [0.717, 1.165) is 0 Å². The van der Waals surface area contributed by atoms with Crippen LogP contribution in [0.3, 0.4) is 0 Å². The van der Waals surface area contributed by atoms with Crippen molar-refractivity contribution in [2.45, 2.75) is 0 Å². The molecule has 0 aliphatic rings. The minimum absolute atomic E-state index is 0.178. The van der Waals surface area contributed by atoms with E-state index >= 15 is 0 Å². The number of carbonyl (C=O) groups excluding carboxylic acids is 1. The smallest absolute Gasteiger partial charge is 0.275 e. The highest BCUT2D eigenvalue weighted by Gasteiger charge is 2.14. The fourth-order valence-electron chi connectivity index (χ4n) is 1.57. The third-order valence-corrected chi connectivity index (χ3v) is 3.56. The maximum absolute atomic E-state index is 12.2. The van der Waals surface area contributed by atoms with Crippen LogP contribution in [0.2, 0.25) is 5.02 Å². The van der Waals surface area contributed by atoms with Gasteiger partial charge < -0.3 is 11.1 Å². The first-order chi connectivity index (χ1) is 9.49. The van der Waals surface area contributed by atoms with Crippen LogP contribution in [-0.4, -0.2) is 15.9 Å². The number of hydrogen-bond donors (Lipinski definition) is 2. The molecular formula is C13H9BrClN3OS. The van der Waals surface area contributed by atoms with Crippen LogP contribution in [0.5, 0.6) is 0 Å². The highest BCUT2D eigenvalue weighted by molar-refractivity contribution is 9.10. The second kappa shape index (κ2) is 6.30. The van der Waals surface area contributed by atoms with Gasteiger partial charge in [-0.25, -0.2) is 4.98 Å². The van der Waals surface area contributed by atoms with Crippen molar-refractivity contribution in [1.82, 2.24) is 4.98 Å². The largest absolute Gasteiger partial charge is 0.389 e. The van der Waals surface area contributed by atoms with Gasteiger partial charge >= 0.3 is 0 Å². The van der Waals surface area contributed by atoms with Crippen molar-refractivity contribution in [3.8, 4) is 0 Å². The van der Waals surface area contributed by atoms with E-state index < -0.39 is 0 Å². The van der Waals surface area contributed by atoms with Gasteiger partial charge in [0.05, 0.1) is 5.69 Å². The second-order valence-electron chi connectivity index (χ2n) is 3.84. The Hall–Kier alpha value is -1.50. The number of aromatic nitrogens is 1. The Balaban J connectivity index is 2.35. The molecule has 0 atom stereocenters. The van der Waals surface area contributed by atoms with Gasteiger partial charge in [0, 0.05) is 21.3 Å². The topological polar surface area (TPSA) is 68.0 Å². The number of anilines is 1. The summed E-state index contributed by atoms with van der Waals surface area (Å²) in [5, 5.41) is 3.18. The Morgan fingerprint density at radius 1 is 1.40 bits per heavy atom. The molecule has 1 aromatic carbocycles.